The first-order valence-electron chi connectivity index (χ1n) is 5.04. The number of benzene rings is 2. The fraction of sp³-hybridized carbons (Fsp3) is 0.0769. The first-order chi connectivity index (χ1) is 7.66. The molecule has 0 aromatic heterocycles. The van der Waals surface area contributed by atoms with Crippen molar-refractivity contribution in [1.82, 2.24) is 0 Å². The van der Waals surface area contributed by atoms with Gasteiger partial charge < -0.3 is 11.1 Å². The number of para-hydroxylation sites is 1. The molecule has 0 amide bonds. The fourth-order valence-electron chi connectivity index (χ4n) is 1.57. The van der Waals surface area contributed by atoms with Gasteiger partial charge in [0.05, 0.1) is 11.4 Å². The van der Waals surface area contributed by atoms with Gasteiger partial charge in [0.15, 0.2) is 0 Å². The second-order valence-corrected chi connectivity index (χ2v) is 3.67. The summed E-state index contributed by atoms with van der Waals surface area (Å²) in [6.07, 6.45) is 0. The summed E-state index contributed by atoms with van der Waals surface area (Å²) in [4.78, 5) is 0. The Morgan fingerprint density at radius 2 is 1.88 bits per heavy atom. The highest BCUT2D eigenvalue weighted by atomic mass is 19.1. The standard InChI is InChI=1S/C13H13FN2/c1-9-4-2-7-12(15)13(9)16-11-6-3-5-10(14)8-11/h2-8,16H,15H2,1H3. The minimum atomic E-state index is -0.267. The van der Waals surface area contributed by atoms with Crippen LogP contribution >= 0.6 is 0 Å². The summed E-state index contributed by atoms with van der Waals surface area (Å²) in [5, 5.41) is 3.12. The minimum Gasteiger partial charge on any atom is -0.397 e. The summed E-state index contributed by atoms with van der Waals surface area (Å²) < 4.78 is 13.0. The molecule has 2 aromatic rings. The van der Waals surface area contributed by atoms with Crippen molar-refractivity contribution in [2.75, 3.05) is 11.1 Å². The Morgan fingerprint density at radius 1 is 1.12 bits per heavy atom. The molecule has 0 bridgehead atoms. The highest BCUT2D eigenvalue weighted by Gasteiger charge is 2.03. The third-order valence-corrected chi connectivity index (χ3v) is 2.40. The number of hydrogen-bond donors (Lipinski definition) is 2. The Balaban J connectivity index is 2.34. The first kappa shape index (κ1) is 10.5. The van der Waals surface area contributed by atoms with E-state index in [1.807, 2.05) is 25.1 Å². The molecule has 0 aliphatic carbocycles. The molecule has 3 N–H and O–H groups in total. The highest BCUT2D eigenvalue weighted by Crippen LogP contribution is 2.26. The van der Waals surface area contributed by atoms with E-state index < -0.39 is 0 Å². The normalized spacial score (nSPS) is 10.1. The quantitative estimate of drug-likeness (QED) is 0.754. The molecule has 2 nitrogen and oxygen atoms in total. The lowest BCUT2D eigenvalue weighted by atomic mass is 10.1. The lowest BCUT2D eigenvalue weighted by Crippen LogP contribution is -1.98. The Hall–Kier alpha value is -2.03. The van der Waals surface area contributed by atoms with Gasteiger partial charge in [-0.1, -0.05) is 18.2 Å². The molecular weight excluding hydrogens is 203 g/mol. The molecule has 82 valence electrons. The van der Waals surface area contributed by atoms with E-state index in [0.717, 1.165) is 11.3 Å². The largest absolute Gasteiger partial charge is 0.397 e. The molecule has 0 unspecified atom stereocenters. The van der Waals surface area contributed by atoms with Crippen LogP contribution in [0.1, 0.15) is 5.56 Å². The predicted octanol–water partition coefficient (Wildman–Crippen LogP) is 3.46. The number of hydrogen-bond acceptors (Lipinski definition) is 2. The van der Waals surface area contributed by atoms with Gasteiger partial charge >= 0.3 is 0 Å². The van der Waals surface area contributed by atoms with Crippen LogP contribution in [-0.2, 0) is 0 Å². The van der Waals surface area contributed by atoms with Crippen LogP contribution in [0.5, 0.6) is 0 Å². The van der Waals surface area contributed by atoms with E-state index in [0.29, 0.717) is 11.4 Å². The minimum absolute atomic E-state index is 0.267. The van der Waals surface area contributed by atoms with E-state index in [1.54, 1.807) is 12.1 Å². The van der Waals surface area contributed by atoms with Gasteiger partial charge in [0.25, 0.3) is 0 Å². The lowest BCUT2D eigenvalue weighted by molar-refractivity contribution is 0.628. The van der Waals surface area contributed by atoms with E-state index in [2.05, 4.69) is 5.32 Å². The van der Waals surface area contributed by atoms with Crippen molar-refractivity contribution in [3.8, 4) is 0 Å². The average Bonchev–Trinajstić information content (AvgIpc) is 2.24. The van der Waals surface area contributed by atoms with Crippen LogP contribution in [0.25, 0.3) is 0 Å². The zero-order chi connectivity index (χ0) is 11.5. The Kier molecular flexibility index (Phi) is 2.77. The topological polar surface area (TPSA) is 38.0 Å². The maximum Gasteiger partial charge on any atom is 0.125 e. The van der Waals surface area contributed by atoms with E-state index >= 15 is 0 Å². The Morgan fingerprint density at radius 3 is 2.56 bits per heavy atom. The summed E-state index contributed by atoms with van der Waals surface area (Å²) in [5.74, 6) is -0.267. The monoisotopic (exact) mass is 216 g/mol. The molecule has 0 saturated heterocycles. The summed E-state index contributed by atoms with van der Waals surface area (Å²) >= 11 is 0. The molecule has 0 radical (unpaired) electrons. The van der Waals surface area contributed by atoms with Crippen LogP contribution < -0.4 is 11.1 Å². The average molecular weight is 216 g/mol. The molecule has 0 aliphatic rings. The van der Waals surface area contributed by atoms with Crippen LogP contribution in [0, 0.1) is 12.7 Å². The van der Waals surface area contributed by atoms with Crippen LogP contribution in [-0.4, -0.2) is 0 Å². The molecule has 2 rings (SSSR count). The summed E-state index contributed by atoms with van der Waals surface area (Å²) in [5.41, 5.74) is 9.06. The van der Waals surface area contributed by atoms with Crippen molar-refractivity contribution in [2.45, 2.75) is 6.92 Å². The molecule has 0 aliphatic heterocycles. The second-order valence-electron chi connectivity index (χ2n) is 3.67. The van der Waals surface area contributed by atoms with Crippen molar-refractivity contribution in [1.29, 1.82) is 0 Å². The number of rotatable bonds is 2. The molecule has 0 heterocycles. The summed E-state index contributed by atoms with van der Waals surface area (Å²) in [6.45, 7) is 1.96. The molecule has 0 atom stereocenters. The maximum atomic E-state index is 13.0. The highest BCUT2D eigenvalue weighted by molar-refractivity contribution is 5.75. The third-order valence-electron chi connectivity index (χ3n) is 2.40. The first-order valence-corrected chi connectivity index (χ1v) is 5.04. The van der Waals surface area contributed by atoms with E-state index in [4.69, 9.17) is 5.73 Å². The maximum absolute atomic E-state index is 13.0. The van der Waals surface area contributed by atoms with E-state index in [1.165, 1.54) is 12.1 Å². The zero-order valence-electron chi connectivity index (χ0n) is 9.00. The van der Waals surface area contributed by atoms with Gasteiger partial charge in [-0.05, 0) is 36.8 Å². The van der Waals surface area contributed by atoms with Crippen LogP contribution in [0.3, 0.4) is 0 Å². The molecular formula is C13H13FN2. The molecule has 0 spiro atoms. The van der Waals surface area contributed by atoms with Gasteiger partial charge in [-0.25, -0.2) is 4.39 Å². The molecule has 3 heteroatoms. The van der Waals surface area contributed by atoms with Crippen LogP contribution in [0.4, 0.5) is 21.5 Å². The number of nitrogens with two attached hydrogens (primary N) is 1. The van der Waals surface area contributed by atoms with E-state index in [9.17, 15) is 4.39 Å². The number of aryl methyl sites for hydroxylation is 1. The number of halogens is 1. The van der Waals surface area contributed by atoms with Crippen molar-refractivity contribution < 1.29 is 4.39 Å². The predicted molar refractivity (Wildman–Crippen MR) is 65.3 cm³/mol. The smallest absolute Gasteiger partial charge is 0.125 e. The molecule has 0 fully saturated rings. The van der Waals surface area contributed by atoms with Crippen LogP contribution in [0.2, 0.25) is 0 Å². The van der Waals surface area contributed by atoms with Crippen LogP contribution in [0.15, 0.2) is 42.5 Å². The fourth-order valence-corrected chi connectivity index (χ4v) is 1.57. The molecule has 16 heavy (non-hydrogen) atoms. The van der Waals surface area contributed by atoms with E-state index in [-0.39, 0.29) is 5.82 Å². The van der Waals surface area contributed by atoms with Gasteiger partial charge in [0, 0.05) is 5.69 Å². The number of anilines is 3. The summed E-state index contributed by atoms with van der Waals surface area (Å²) in [7, 11) is 0. The SMILES string of the molecule is Cc1cccc(N)c1Nc1cccc(F)c1. The van der Waals surface area contributed by atoms with Gasteiger partial charge in [0.2, 0.25) is 0 Å². The van der Waals surface area contributed by atoms with Crippen molar-refractivity contribution >= 4 is 17.1 Å². The van der Waals surface area contributed by atoms with Crippen molar-refractivity contribution in [3.05, 3.63) is 53.8 Å². The van der Waals surface area contributed by atoms with Gasteiger partial charge in [0.1, 0.15) is 5.82 Å². The van der Waals surface area contributed by atoms with Gasteiger partial charge in [-0.3, -0.25) is 0 Å². The van der Waals surface area contributed by atoms with Crippen molar-refractivity contribution in [2.24, 2.45) is 0 Å². The Bertz CT molecular complexity index is 489. The van der Waals surface area contributed by atoms with Gasteiger partial charge in [-0.2, -0.15) is 0 Å². The zero-order valence-corrected chi connectivity index (χ0v) is 9.00. The molecule has 0 saturated carbocycles. The summed E-state index contributed by atoms with van der Waals surface area (Å²) in [6, 6.07) is 12.0. The Labute approximate surface area is 93.9 Å². The second kappa shape index (κ2) is 4.23. The number of nitrogens with one attached hydrogen (secondary N) is 1. The third kappa shape index (κ3) is 2.14. The van der Waals surface area contributed by atoms with Crippen molar-refractivity contribution in [3.63, 3.8) is 0 Å². The lowest BCUT2D eigenvalue weighted by Gasteiger charge is -2.12. The van der Waals surface area contributed by atoms with Gasteiger partial charge in [-0.15, -0.1) is 0 Å². The number of nitrogen functional groups attached to an aromatic ring is 1. The molecule has 2 aromatic carbocycles.